The molecule has 0 aliphatic rings. The maximum absolute atomic E-state index is 4.44. The van der Waals surface area contributed by atoms with Crippen molar-refractivity contribution in [3.63, 3.8) is 0 Å². The molecule has 0 bridgehead atoms. The fourth-order valence-electron chi connectivity index (χ4n) is 2.96. The van der Waals surface area contributed by atoms with Gasteiger partial charge in [-0.1, -0.05) is 6.07 Å². The molecule has 0 amide bonds. The van der Waals surface area contributed by atoms with Crippen molar-refractivity contribution in [2.45, 2.75) is 0 Å². The van der Waals surface area contributed by atoms with Crippen molar-refractivity contribution in [1.29, 1.82) is 0 Å². The number of nitrogens with one attached hydrogen (secondary N) is 3. The summed E-state index contributed by atoms with van der Waals surface area (Å²) in [4.78, 5) is 16.2. The first-order valence-corrected chi connectivity index (χ1v) is 7.81. The lowest BCUT2D eigenvalue weighted by atomic mass is 10.1. The minimum atomic E-state index is 0.743. The summed E-state index contributed by atoms with van der Waals surface area (Å²) in [7, 11) is 0. The maximum Gasteiger partial charge on any atom is 0.143 e. The number of fused-ring (bicyclic) bond motifs is 2. The van der Waals surface area contributed by atoms with E-state index in [9.17, 15) is 0 Å². The molecule has 25 heavy (non-hydrogen) atoms. The Morgan fingerprint density at radius 3 is 2.96 bits per heavy atom. The van der Waals surface area contributed by atoms with E-state index in [4.69, 9.17) is 0 Å². The third kappa shape index (κ3) is 2.29. The predicted octanol–water partition coefficient (Wildman–Crippen LogP) is 3.64. The molecule has 5 rings (SSSR count). The second kappa shape index (κ2) is 5.41. The largest absolute Gasteiger partial charge is 0.345 e. The van der Waals surface area contributed by atoms with Crippen LogP contribution in [0.1, 0.15) is 0 Å². The second-order valence-electron chi connectivity index (χ2n) is 5.69. The number of aromatic nitrogens is 6. The lowest BCUT2D eigenvalue weighted by Gasteiger charge is -2.08. The number of hydrogen-bond donors (Lipinski definition) is 3. The van der Waals surface area contributed by atoms with E-state index in [-0.39, 0.29) is 0 Å². The van der Waals surface area contributed by atoms with Gasteiger partial charge in [0.2, 0.25) is 0 Å². The maximum atomic E-state index is 4.44. The van der Waals surface area contributed by atoms with Gasteiger partial charge in [-0.3, -0.25) is 10.1 Å². The van der Waals surface area contributed by atoms with E-state index < -0.39 is 0 Å². The van der Waals surface area contributed by atoms with Crippen molar-refractivity contribution in [1.82, 2.24) is 30.1 Å². The summed E-state index contributed by atoms with van der Waals surface area (Å²) >= 11 is 0. The molecule has 0 radical (unpaired) electrons. The molecule has 4 heterocycles. The topological polar surface area (TPSA) is 95.2 Å². The first-order valence-electron chi connectivity index (χ1n) is 7.81. The van der Waals surface area contributed by atoms with Crippen molar-refractivity contribution in [2.24, 2.45) is 0 Å². The molecule has 7 nitrogen and oxygen atoms in total. The van der Waals surface area contributed by atoms with Crippen molar-refractivity contribution in [3.05, 3.63) is 61.4 Å². The molecule has 5 aromatic rings. The Kier molecular flexibility index (Phi) is 2.96. The minimum absolute atomic E-state index is 0.743. The van der Waals surface area contributed by atoms with E-state index in [0.717, 1.165) is 44.6 Å². The molecular formula is C18H13N7. The van der Waals surface area contributed by atoms with Gasteiger partial charge in [-0.2, -0.15) is 5.10 Å². The van der Waals surface area contributed by atoms with Gasteiger partial charge in [-0.15, -0.1) is 0 Å². The van der Waals surface area contributed by atoms with E-state index in [0.29, 0.717) is 0 Å². The van der Waals surface area contributed by atoms with E-state index in [1.54, 1.807) is 18.7 Å². The molecule has 7 heteroatoms. The van der Waals surface area contributed by atoms with Gasteiger partial charge in [0.05, 0.1) is 17.1 Å². The summed E-state index contributed by atoms with van der Waals surface area (Å²) < 4.78 is 0. The lowest BCUT2D eigenvalue weighted by molar-refractivity contribution is 1.12. The molecule has 120 valence electrons. The van der Waals surface area contributed by atoms with Crippen LogP contribution in [-0.2, 0) is 0 Å². The van der Waals surface area contributed by atoms with Crippen molar-refractivity contribution in [3.8, 4) is 11.1 Å². The second-order valence-corrected chi connectivity index (χ2v) is 5.69. The third-order valence-corrected chi connectivity index (χ3v) is 4.15. The zero-order valence-corrected chi connectivity index (χ0v) is 13.1. The van der Waals surface area contributed by atoms with Gasteiger partial charge in [-0.25, -0.2) is 9.97 Å². The average Bonchev–Trinajstić information content (AvgIpc) is 3.29. The molecular weight excluding hydrogens is 314 g/mol. The van der Waals surface area contributed by atoms with Crippen LogP contribution in [0.5, 0.6) is 0 Å². The first kappa shape index (κ1) is 13.7. The molecule has 0 spiro atoms. The monoisotopic (exact) mass is 327 g/mol. The van der Waals surface area contributed by atoms with E-state index in [2.05, 4.69) is 35.5 Å². The highest BCUT2D eigenvalue weighted by molar-refractivity contribution is 6.01. The average molecular weight is 327 g/mol. The van der Waals surface area contributed by atoms with Crippen LogP contribution in [0.25, 0.3) is 33.1 Å². The Bertz CT molecular complexity index is 1170. The molecule has 0 atom stereocenters. The Balaban J connectivity index is 1.64. The van der Waals surface area contributed by atoms with Gasteiger partial charge in [0.1, 0.15) is 17.8 Å². The lowest BCUT2D eigenvalue weighted by Crippen LogP contribution is -1.95. The van der Waals surface area contributed by atoms with Gasteiger partial charge in [0.15, 0.2) is 0 Å². The Hall–Kier alpha value is -3.74. The van der Waals surface area contributed by atoms with E-state index >= 15 is 0 Å². The van der Waals surface area contributed by atoms with Crippen LogP contribution in [0.15, 0.2) is 61.4 Å². The zero-order valence-electron chi connectivity index (χ0n) is 13.1. The van der Waals surface area contributed by atoms with Gasteiger partial charge < -0.3 is 10.3 Å². The summed E-state index contributed by atoms with van der Waals surface area (Å²) in [6.07, 6.45) is 8.86. The number of benzene rings is 1. The number of anilines is 2. The normalized spacial score (nSPS) is 11.2. The van der Waals surface area contributed by atoms with Crippen LogP contribution in [-0.4, -0.2) is 30.1 Å². The molecule has 0 aliphatic carbocycles. The van der Waals surface area contributed by atoms with E-state index in [1.807, 2.05) is 42.7 Å². The smallest absolute Gasteiger partial charge is 0.143 e. The standard InChI is InChI=1S/C18H13N7/c1-2-11(7-19-5-1)14-9-20-17-16(14)18(22-10-21-17)24-13-3-4-15-12(6-13)8-23-25-15/h1-10H,(H,23,25)(H2,20,21,22,24). The number of nitrogens with zero attached hydrogens (tertiary/aromatic N) is 4. The summed E-state index contributed by atoms with van der Waals surface area (Å²) in [5, 5.41) is 12.4. The zero-order chi connectivity index (χ0) is 16.6. The summed E-state index contributed by atoms with van der Waals surface area (Å²) in [5.41, 5.74) is 4.73. The van der Waals surface area contributed by atoms with Crippen LogP contribution < -0.4 is 5.32 Å². The summed E-state index contributed by atoms with van der Waals surface area (Å²) in [6, 6.07) is 9.94. The Morgan fingerprint density at radius 2 is 2.04 bits per heavy atom. The minimum Gasteiger partial charge on any atom is -0.345 e. The highest BCUT2D eigenvalue weighted by Gasteiger charge is 2.13. The number of pyridine rings is 1. The Morgan fingerprint density at radius 1 is 1.04 bits per heavy atom. The molecule has 0 fully saturated rings. The van der Waals surface area contributed by atoms with Crippen LogP contribution in [0.2, 0.25) is 0 Å². The molecule has 0 saturated heterocycles. The highest BCUT2D eigenvalue weighted by atomic mass is 15.1. The number of rotatable bonds is 3. The van der Waals surface area contributed by atoms with Crippen molar-refractivity contribution in [2.75, 3.05) is 5.32 Å². The SMILES string of the molecule is c1cncc(-c2c[nH]c3ncnc(Nc4ccc5[nH]ncc5c4)c23)c1. The number of hydrogen-bond acceptors (Lipinski definition) is 5. The van der Waals surface area contributed by atoms with Gasteiger partial charge in [0.25, 0.3) is 0 Å². The predicted molar refractivity (Wildman–Crippen MR) is 96.5 cm³/mol. The number of aromatic amines is 2. The fraction of sp³-hybridized carbons (Fsp3) is 0. The highest BCUT2D eigenvalue weighted by Crippen LogP contribution is 2.33. The molecule has 0 aliphatic heterocycles. The van der Waals surface area contributed by atoms with Crippen LogP contribution in [0.3, 0.4) is 0 Å². The van der Waals surface area contributed by atoms with E-state index in [1.165, 1.54) is 0 Å². The summed E-state index contributed by atoms with van der Waals surface area (Å²) in [5.74, 6) is 0.743. The third-order valence-electron chi connectivity index (χ3n) is 4.15. The quantitative estimate of drug-likeness (QED) is 0.470. The van der Waals surface area contributed by atoms with Gasteiger partial charge in [0, 0.05) is 40.8 Å². The Labute approximate surface area is 142 Å². The molecule has 0 unspecified atom stereocenters. The van der Waals surface area contributed by atoms with Crippen molar-refractivity contribution < 1.29 is 0 Å². The fourth-order valence-corrected chi connectivity index (χ4v) is 2.96. The molecule has 3 N–H and O–H groups in total. The van der Waals surface area contributed by atoms with Gasteiger partial charge >= 0.3 is 0 Å². The van der Waals surface area contributed by atoms with Gasteiger partial charge in [-0.05, 0) is 24.3 Å². The molecule has 4 aromatic heterocycles. The first-order chi connectivity index (χ1) is 12.4. The van der Waals surface area contributed by atoms with Crippen LogP contribution in [0.4, 0.5) is 11.5 Å². The van der Waals surface area contributed by atoms with Crippen molar-refractivity contribution >= 4 is 33.4 Å². The number of H-pyrrole nitrogens is 2. The van der Waals surface area contributed by atoms with Crippen LogP contribution >= 0.6 is 0 Å². The summed E-state index contributed by atoms with van der Waals surface area (Å²) in [6.45, 7) is 0. The molecule has 0 saturated carbocycles. The van der Waals surface area contributed by atoms with Crippen LogP contribution in [0, 0.1) is 0 Å². The molecule has 1 aromatic carbocycles.